The highest BCUT2D eigenvalue weighted by Gasteiger charge is 2.23. The van der Waals surface area contributed by atoms with E-state index in [0.29, 0.717) is 4.57 Å². The van der Waals surface area contributed by atoms with Gasteiger partial charge in [-0.15, -0.1) is 0 Å². The highest BCUT2D eigenvalue weighted by Crippen LogP contribution is 2.01. The molecule has 0 saturated carbocycles. The lowest BCUT2D eigenvalue weighted by molar-refractivity contribution is -0.137. The van der Waals surface area contributed by atoms with E-state index in [4.69, 9.17) is 5.73 Å². The van der Waals surface area contributed by atoms with Crippen molar-refractivity contribution < 1.29 is 33.6 Å². The number of rotatable bonds is 22. The molecule has 0 atom stereocenters. The minimum absolute atomic E-state index is 0.0428. The summed E-state index contributed by atoms with van der Waals surface area (Å²) in [6, 6.07) is 1.29. The van der Waals surface area contributed by atoms with Crippen LogP contribution in [-0.2, 0) is 53.2 Å². The maximum Gasteiger partial charge on any atom is 0.349 e. The molecule has 4 rings (SSSR count). The summed E-state index contributed by atoms with van der Waals surface area (Å²) in [7, 11) is 0. The zero-order valence-electron chi connectivity index (χ0n) is 37.8. The molecule has 0 aliphatic rings. The van der Waals surface area contributed by atoms with Gasteiger partial charge in [-0.3, -0.25) is 81.6 Å². The Bertz CT molecular complexity index is 2950. The molecule has 0 spiro atoms. The first-order valence-corrected chi connectivity index (χ1v) is 20.9. The molecule has 29 heteroatoms. The molecule has 0 aromatic carbocycles. The van der Waals surface area contributed by atoms with Crippen LogP contribution >= 0.6 is 0 Å². The second-order valence-corrected chi connectivity index (χ2v) is 14.5. The number of nitrogen functional groups attached to an aromatic ring is 1. The van der Waals surface area contributed by atoms with E-state index in [0.717, 1.165) is 37.0 Å². The van der Waals surface area contributed by atoms with Crippen molar-refractivity contribution in [3.05, 3.63) is 97.0 Å². The van der Waals surface area contributed by atoms with Crippen molar-refractivity contribution in [2.24, 2.45) is 0 Å². The van der Waals surface area contributed by atoms with Crippen molar-refractivity contribution in [1.29, 1.82) is 0 Å². The molecule has 4 aromatic rings. The van der Waals surface area contributed by atoms with Gasteiger partial charge in [0.05, 0.1) is 19.6 Å². The number of carbonyl (C=O) groups excluding carboxylic acids is 7. The Hall–Kier alpha value is -8.53. The summed E-state index contributed by atoms with van der Waals surface area (Å²) in [6.45, 7) is 2.75. The highest BCUT2D eigenvalue weighted by molar-refractivity contribution is 5.87. The Morgan fingerprint density at radius 1 is 0.647 bits per heavy atom. The van der Waals surface area contributed by atoms with Gasteiger partial charge in [-0.05, 0) is 19.9 Å². The predicted octanol–water partition coefficient (Wildman–Crippen LogP) is -6.38. The van der Waals surface area contributed by atoms with E-state index in [-0.39, 0.29) is 63.0 Å². The number of aryl methyl sites for hydroxylation is 1. The summed E-state index contributed by atoms with van der Waals surface area (Å²) in [5, 5.41) is 6.94. The third-order valence-corrected chi connectivity index (χ3v) is 9.45. The minimum Gasteiger partial charge on any atom is -0.383 e. The number of Topliss-reactive ketones (excluding diaryl/α,β-unsaturated/α-hetero) is 1. The molecule has 0 radical (unpaired) electrons. The van der Waals surface area contributed by atoms with E-state index in [1.54, 1.807) is 6.92 Å². The van der Waals surface area contributed by atoms with Crippen LogP contribution in [0, 0.1) is 6.92 Å². The molecule has 6 amide bonds. The average Bonchev–Trinajstić information content (AvgIpc) is 3.26. The largest absolute Gasteiger partial charge is 0.383 e. The monoisotopic (exact) mass is 955 g/mol. The van der Waals surface area contributed by atoms with Crippen LogP contribution in [0.15, 0.2) is 52.0 Å². The van der Waals surface area contributed by atoms with Gasteiger partial charge in [0, 0.05) is 63.6 Å². The molecule has 368 valence electrons. The zero-order valence-corrected chi connectivity index (χ0v) is 37.8. The van der Waals surface area contributed by atoms with E-state index in [2.05, 4.69) is 30.9 Å². The molecule has 9 N–H and O–H groups in total. The van der Waals surface area contributed by atoms with Gasteiger partial charge in [-0.2, -0.15) is 4.98 Å². The number of hydrogen-bond acceptors (Lipinski definition) is 16. The summed E-state index contributed by atoms with van der Waals surface area (Å²) in [4.78, 5) is 191. The molecule has 0 unspecified atom stereocenters. The van der Waals surface area contributed by atoms with E-state index >= 15 is 0 Å². The number of H-pyrrole nitrogens is 4. The van der Waals surface area contributed by atoms with Crippen LogP contribution in [0.3, 0.4) is 0 Å². The van der Waals surface area contributed by atoms with Crippen molar-refractivity contribution in [3.8, 4) is 0 Å². The first kappa shape index (κ1) is 53.8. The van der Waals surface area contributed by atoms with Gasteiger partial charge >= 0.3 is 22.8 Å². The number of hydrogen-bond donors (Lipinski definition) is 8. The topological polar surface area (TPSA) is 402 Å². The number of carbonyl (C=O) groups is 7. The molecule has 0 bridgehead atoms. The van der Waals surface area contributed by atoms with Crippen molar-refractivity contribution in [2.75, 3.05) is 64.6 Å². The first-order chi connectivity index (χ1) is 32.2. The van der Waals surface area contributed by atoms with Crippen LogP contribution in [0.4, 0.5) is 5.82 Å². The number of nitrogens with one attached hydrogen (secondary N) is 7. The van der Waals surface area contributed by atoms with Crippen molar-refractivity contribution in [1.82, 2.24) is 69.3 Å². The molecule has 68 heavy (non-hydrogen) atoms. The number of aromatic amines is 4. The number of fused-ring (bicyclic) bond motifs is 1. The van der Waals surface area contributed by atoms with E-state index in [1.807, 2.05) is 23.8 Å². The van der Waals surface area contributed by atoms with Gasteiger partial charge in [0.25, 0.3) is 16.7 Å². The van der Waals surface area contributed by atoms with E-state index in [9.17, 15) is 67.1 Å². The van der Waals surface area contributed by atoms with Crippen molar-refractivity contribution in [3.63, 3.8) is 0 Å². The summed E-state index contributed by atoms with van der Waals surface area (Å²) in [5.41, 5.74) is -1.90. The second kappa shape index (κ2) is 25.2. The smallest absolute Gasteiger partial charge is 0.349 e. The van der Waals surface area contributed by atoms with Gasteiger partial charge in [-0.25, -0.2) is 19.2 Å². The molecule has 0 saturated heterocycles. The lowest BCUT2D eigenvalue weighted by Gasteiger charge is -2.25. The summed E-state index contributed by atoms with van der Waals surface area (Å²) in [6.07, 6.45) is 2.52. The lowest BCUT2D eigenvalue weighted by atomic mass is 10.3. The fourth-order valence-corrected chi connectivity index (χ4v) is 6.11. The predicted molar refractivity (Wildman–Crippen MR) is 240 cm³/mol. The lowest BCUT2D eigenvalue weighted by Crippen LogP contribution is -2.49. The number of nitrogens with zero attached hydrogens (tertiary/aromatic N) is 7. The Morgan fingerprint density at radius 3 is 1.66 bits per heavy atom. The molecule has 4 heterocycles. The van der Waals surface area contributed by atoms with Crippen LogP contribution in [0.25, 0.3) is 11.0 Å². The summed E-state index contributed by atoms with van der Waals surface area (Å²) >= 11 is 0. The van der Waals surface area contributed by atoms with Gasteiger partial charge in [0.1, 0.15) is 42.3 Å². The summed E-state index contributed by atoms with van der Waals surface area (Å²) < 4.78 is 2.46. The van der Waals surface area contributed by atoms with Crippen LogP contribution in [0.1, 0.15) is 39.7 Å². The second-order valence-electron chi connectivity index (χ2n) is 14.5. The van der Waals surface area contributed by atoms with Crippen LogP contribution < -0.4 is 61.1 Å². The fraction of sp³-hybridized carbons (Fsp3) is 0.462. The number of nitrogens with two attached hydrogens (primary N) is 1. The Morgan fingerprint density at radius 2 is 1.13 bits per heavy atom. The van der Waals surface area contributed by atoms with Gasteiger partial charge < -0.3 is 36.4 Å². The molecular weight excluding hydrogens is 903 g/mol. The Kier molecular flexibility index (Phi) is 20.0. The Labute approximate surface area is 382 Å². The quantitative estimate of drug-likeness (QED) is 0.0363. The molecule has 0 aliphatic heterocycles. The van der Waals surface area contributed by atoms with Crippen LogP contribution in [-0.4, -0.2) is 153 Å². The van der Waals surface area contributed by atoms with E-state index in [1.165, 1.54) is 19.2 Å². The van der Waals surface area contributed by atoms with E-state index < -0.39 is 125 Å². The van der Waals surface area contributed by atoms with Gasteiger partial charge in [0.2, 0.25) is 35.4 Å². The molecular formula is C39H53N15O14. The standard InChI is InChI=1S/C37H47N15O14.C2H6/c1-4-23(54)39-6-11-48(26(57)17-50-9-5-22(38)42-35(50)64)15-24(55)41-8-12-49(27(58)18-51-13-20(2)31(60)45-36(51)65)16-25(56)40-7-10-47(14-21(3)53)28(59)19-52-30-29(33(62)46-37(52)66)32(61)44-34(63)43-30;1-2/h5,9,13H,4,6-8,10-12,14-19H2,1-3H3,(H,39,54)(H,40,56)(H,41,55)(H2,38,42,64)(H,45,60,65)(H,46,62,66)(H2,43,44,61,63);1-2H3. The first-order valence-electron chi connectivity index (χ1n) is 20.9. The molecule has 0 fully saturated rings. The molecule has 29 nitrogen and oxygen atoms in total. The molecule has 4 aromatic heterocycles. The number of anilines is 1. The van der Waals surface area contributed by atoms with Crippen molar-refractivity contribution >= 4 is 58.1 Å². The minimum atomic E-state index is -1.16. The number of aromatic nitrogens is 8. The third-order valence-electron chi connectivity index (χ3n) is 9.45. The van der Waals surface area contributed by atoms with Crippen molar-refractivity contribution in [2.45, 2.75) is 60.7 Å². The average molecular weight is 956 g/mol. The van der Waals surface area contributed by atoms with Crippen LogP contribution in [0.2, 0.25) is 0 Å². The number of amides is 6. The maximum atomic E-state index is 13.6. The number of ketones is 1. The normalized spacial score (nSPS) is 10.6. The van der Waals surface area contributed by atoms with Gasteiger partial charge in [0.15, 0.2) is 0 Å². The fourth-order valence-electron chi connectivity index (χ4n) is 6.11. The molecule has 0 aliphatic carbocycles. The van der Waals surface area contributed by atoms with Crippen LogP contribution in [0.5, 0.6) is 0 Å². The highest BCUT2D eigenvalue weighted by atomic mass is 16.2. The van der Waals surface area contributed by atoms with Gasteiger partial charge in [-0.1, -0.05) is 20.8 Å². The SMILES string of the molecule is CC.CCC(=O)NCCN(CC(=O)NCCN(CC(=O)NCCN(CC(C)=O)C(=O)Cn1c(=O)[nH]c(=O)c2c(=O)[nH]c(=O)[nH]c21)C(=O)Cn1cc(C)c(=O)[nH]c1=O)C(=O)Cn1ccc(N)nc1=O. The third kappa shape index (κ3) is 15.6. The maximum absolute atomic E-state index is 13.6. The zero-order chi connectivity index (χ0) is 50.8. The Balaban J connectivity index is 0.00000604. The summed E-state index contributed by atoms with van der Waals surface area (Å²) in [5.74, 6) is -4.93.